The molecular weight excluding hydrogens is 208 g/mol. The van der Waals surface area contributed by atoms with Gasteiger partial charge in [-0.25, -0.2) is 0 Å². The molecule has 0 spiro atoms. The Bertz CT molecular complexity index is 7.51. The van der Waals surface area contributed by atoms with Crippen molar-refractivity contribution in [3.05, 3.63) is 0 Å². The summed E-state index contributed by atoms with van der Waals surface area (Å²) < 4.78 is 0. The molecule has 2 heteroatoms. The quantitative estimate of drug-likeness (QED) is 0.637. The summed E-state index contributed by atoms with van der Waals surface area (Å²) in [6.45, 7) is 4.36. The molecule has 0 aromatic rings. The van der Waals surface area contributed by atoms with Crippen LogP contribution in [0.2, 0.25) is 0 Å². The van der Waals surface area contributed by atoms with Crippen molar-refractivity contribution in [3.8, 4) is 0 Å². The second-order valence-corrected chi connectivity index (χ2v) is 1.000. The van der Waals surface area contributed by atoms with Gasteiger partial charge in [-0.2, -0.15) is 0 Å². The minimum Gasteiger partial charge on any atom is -0.114 e. The van der Waals surface area contributed by atoms with E-state index >= 15 is 0 Å². The Kier molecular flexibility index (Phi) is 44.0. The molecule has 0 fully saturated rings. The van der Waals surface area contributed by atoms with E-state index in [1.54, 1.807) is 0 Å². The van der Waals surface area contributed by atoms with Gasteiger partial charge < -0.3 is 0 Å². The smallest absolute Gasteiger partial charge is 0.0564 e. The Hall–Kier alpha value is 0.960. The zero-order valence-corrected chi connectivity index (χ0v) is 7.66. The fraction of sp³-hybridized carbons (Fsp3) is 1.00. The Labute approximate surface area is 60.9 Å². The summed E-state index contributed by atoms with van der Waals surface area (Å²) in [5, 5.41) is 0. The zero-order valence-electron chi connectivity index (χ0n) is 4.23. The van der Waals surface area contributed by atoms with Gasteiger partial charge in [-0.05, 0) is 0 Å². The molecule has 0 aromatic carbocycles. The number of hydrogen-bond acceptors (Lipinski definition) is 0. The lowest BCUT2D eigenvalue weighted by molar-refractivity contribution is 0.886. The molecular formula is C4H12Br2. The lowest BCUT2D eigenvalue weighted by Gasteiger charge is -1.68. The van der Waals surface area contributed by atoms with Gasteiger partial charge in [0, 0.05) is 0 Å². The van der Waals surface area contributed by atoms with Crippen molar-refractivity contribution >= 4 is 34.0 Å². The van der Waals surface area contributed by atoms with Crippen molar-refractivity contribution in [3.63, 3.8) is 0 Å². The predicted octanol–water partition coefficient (Wildman–Crippen LogP) is 2.96. The van der Waals surface area contributed by atoms with Crippen LogP contribution in [0.5, 0.6) is 0 Å². The minimum absolute atomic E-state index is 0. The summed E-state index contributed by atoms with van der Waals surface area (Å²) in [6, 6.07) is 0. The number of hydrogen-bond donors (Lipinski definition) is 0. The van der Waals surface area contributed by atoms with Crippen molar-refractivity contribution in [1.29, 1.82) is 0 Å². The fourth-order valence-electron chi connectivity index (χ4n) is 0. The first kappa shape index (κ1) is 15.8. The van der Waals surface area contributed by atoms with E-state index in [0.717, 1.165) is 0 Å². The van der Waals surface area contributed by atoms with E-state index in [9.17, 15) is 0 Å². The summed E-state index contributed by atoms with van der Waals surface area (Å²) in [5.41, 5.74) is 0. The molecule has 0 bridgehead atoms. The van der Waals surface area contributed by atoms with Gasteiger partial charge in [-0.1, -0.05) is 26.7 Å². The molecule has 0 saturated heterocycles. The SMILES string of the molecule is Br.Br.CCCC. The van der Waals surface area contributed by atoms with E-state index in [-0.39, 0.29) is 34.0 Å². The highest BCUT2D eigenvalue weighted by Gasteiger charge is 1.56. The maximum Gasteiger partial charge on any atom is -0.0564 e. The standard InChI is InChI=1S/C4H10.2BrH/c1-3-4-2;;/h3-4H2,1-2H3;2*1H. The van der Waals surface area contributed by atoms with Crippen molar-refractivity contribution < 1.29 is 0 Å². The lowest BCUT2D eigenvalue weighted by Crippen LogP contribution is -1.47. The molecule has 0 aliphatic rings. The highest BCUT2D eigenvalue weighted by atomic mass is 79.9. The molecule has 0 aliphatic carbocycles. The van der Waals surface area contributed by atoms with Gasteiger partial charge >= 0.3 is 0 Å². The molecule has 0 aliphatic heterocycles. The van der Waals surface area contributed by atoms with Crippen LogP contribution in [0.25, 0.3) is 0 Å². The van der Waals surface area contributed by atoms with Crippen LogP contribution in [0.15, 0.2) is 0 Å². The molecule has 0 rings (SSSR count). The molecule has 0 nitrogen and oxygen atoms in total. The maximum atomic E-state index is 2.18. The van der Waals surface area contributed by atoms with E-state index in [0.29, 0.717) is 0 Å². The van der Waals surface area contributed by atoms with Crippen LogP contribution < -0.4 is 0 Å². The molecule has 0 amide bonds. The van der Waals surface area contributed by atoms with E-state index in [4.69, 9.17) is 0 Å². The topological polar surface area (TPSA) is 0 Å². The van der Waals surface area contributed by atoms with Crippen molar-refractivity contribution in [2.75, 3.05) is 0 Å². The average molecular weight is 220 g/mol. The monoisotopic (exact) mass is 218 g/mol. The maximum absolute atomic E-state index is 2.18. The second kappa shape index (κ2) is 16.7. The minimum atomic E-state index is 0. The van der Waals surface area contributed by atoms with E-state index in [1.165, 1.54) is 12.8 Å². The van der Waals surface area contributed by atoms with Crippen molar-refractivity contribution in [1.82, 2.24) is 0 Å². The van der Waals surface area contributed by atoms with Crippen LogP contribution in [-0.4, -0.2) is 0 Å². The molecule has 0 aromatic heterocycles. The highest BCUT2D eigenvalue weighted by Crippen LogP contribution is 1.76. The molecule has 0 saturated carbocycles. The first-order valence-electron chi connectivity index (χ1n) is 1.91. The Balaban J connectivity index is -0.0000000450. The fourth-order valence-corrected chi connectivity index (χ4v) is 0. The highest BCUT2D eigenvalue weighted by molar-refractivity contribution is 8.93. The number of unbranched alkanes of at least 4 members (excludes halogenated alkanes) is 1. The summed E-state index contributed by atoms with van der Waals surface area (Å²) in [4.78, 5) is 0. The van der Waals surface area contributed by atoms with Crippen LogP contribution in [0.4, 0.5) is 0 Å². The van der Waals surface area contributed by atoms with Gasteiger partial charge in [0.05, 0.1) is 0 Å². The van der Waals surface area contributed by atoms with Gasteiger partial charge in [0.2, 0.25) is 0 Å². The molecule has 0 heterocycles. The number of rotatable bonds is 1. The summed E-state index contributed by atoms with van der Waals surface area (Å²) in [7, 11) is 0. The van der Waals surface area contributed by atoms with Crippen molar-refractivity contribution in [2.45, 2.75) is 26.7 Å². The third-order valence-electron chi connectivity index (χ3n) is 0.500. The Morgan fingerprint density at radius 3 is 1.00 bits per heavy atom. The zero-order chi connectivity index (χ0) is 3.41. The van der Waals surface area contributed by atoms with Crippen LogP contribution >= 0.6 is 34.0 Å². The normalized spacial score (nSPS) is 5.00. The van der Waals surface area contributed by atoms with E-state index < -0.39 is 0 Å². The summed E-state index contributed by atoms with van der Waals surface area (Å²) in [5.74, 6) is 0. The molecule has 0 N–H and O–H groups in total. The molecule has 0 unspecified atom stereocenters. The Morgan fingerprint density at radius 2 is 1.00 bits per heavy atom. The third-order valence-corrected chi connectivity index (χ3v) is 0.500. The van der Waals surface area contributed by atoms with Crippen LogP contribution in [-0.2, 0) is 0 Å². The lowest BCUT2D eigenvalue weighted by atomic mass is 10.4. The van der Waals surface area contributed by atoms with E-state index in [1.807, 2.05) is 0 Å². The number of halogens is 2. The van der Waals surface area contributed by atoms with Crippen molar-refractivity contribution in [2.24, 2.45) is 0 Å². The summed E-state index contributed by atoms with van der Waals surface area (Å²) in [6.07, 6.45) is 2.64. The third kappa shape index (κ3) is 20.2. The first-order chi connectivity index (χ1) is 1.91. The average Bonchev–Trinajstić information content (AvgIpc) is 1.37. The first-order valence-corrected chi connectivity index (χ1v) is 1.91. The second-order valence-electron chi connectivity index (χ2n) is 1.000. The summed E-state index contributed by atoms with van der Waals surface area (Å²) >= 11 is 0. The van der Waals surface area contributed by atoms with Gasteiger partial charge in [0.1, 0.15) is 0 Å². The molecule has 0 atom stereocenters. The molecule has 6 heavy (non-hydrogen) atoms. The van der Waals surface area contributed by atoms with Crippen LogP contribution in [0.3, 0.4) is 0 Å². The van der Waals surface area contributed by atoms with E-state index in [2.05, 4.69) is 13.8 Å². The largest absolute Gasteiger partial charge is 0.114 e. The molecule has 42 valence electrons. The van der Waals surface area contributed by atoms with Gasteiger partial charge in [0.25, 0.3) is 0 Å². The van der Waals surface area contributed by atoms with Gasteiger partial charge in [-0.3, -0.25) is 0 Å². The van der Waals surface area contributed by atoms with Gasteiger partial charge in [-0.15, -0.1) is 34.0 Å². The van der Waals surface area contributed by atoms with Crippen LogP contribution in [0.1, 0.15) is 26.7 Å². The predicted molar refractivity (Wildman–Crippen MR) is 41.2 cm³/mol. The molecule has 0 radical (unpaired) electrons. The Morgan fingerprint density at radius 1 is 0.833 bits per heavy atom. The van der Waals surface area contributed by atoms with Gasteiger partial charge in [0.15, 0.2) is 0 Å². The van der Waals surface area contributed by atoms with Crippen LogP contribution in [0, 0.1) is 0 Å².